The molecule has 1 heterocycles. The van der Waals surface area contributed by atoms with E-state index in [1.54, 1.807) is 6.20 Å². The van der Waals surface area contributed by atoms with E-state index in [9.17, 15) is 0 Å². The summed E-state index contributed by atoms with van der Waals surface area (Å²) in [6.07, 6.45) is 1.76. The SMILES string of the molecule is CC(C)COc1ccnc(C(C)S)c1. The van der Waals surface area contributed by atoms with Gasteiger partial charge in [-0.2, -0.15) is 12.6 Å². The second kappa shape index (κ2) is 5.25. The Hall–Kier alpha value is -0.700. The maximum Gasteiger partial charge on any atom is 0.122 e. The zero-order chi connectivity index (χ0) is 10.6. The molecule has 14 heavy (non-hydrogen) atoms. The van der Waals surface area contributed by atoms with E-state index in [0.29, 0.717) is 5.92 Å². The lowest BCUT2D eigenvalue weighted by Crippen LogP contribution is -2.05. The molecular formula is C11H17NOS. The maximum absolute atomic E-state index is 5.58. The second-order valence-electron chi connectivity index (χ2n) is 3.80. The molecule has 1 atom stereocenters. The first-order chi connectivity index (χ1) is 6.59. The predicted molar refractivity (Wildman–Crippen MR) is 62.0 cm³/mol. The van der Waals surface area contributed by atoms with Crippen LogP contribution in [0, 0.1) is 5.92 Å². The Labute approximate surface area is 91.1 Å². The Kier molecular flexibility index (Phi) is 4.26. The van der Waals surface area contributed by atoms with Crippen LogP contribution in [0.15, 0.2) is 18.3 Å². The topological polar surface area (TPSA) is 22.1 Å². The largest absolute Gasteiger partial charge is 0.493 e. The first kappa shape index (κ1) is 11.4. The quantitative estimate of drug-likeness (QED) is 0.773. The van der Waals surface area contributed by atoms with E-state index in [0.717, 1.165) is 18.1 Å². The van der Waals surface area contributed by atoms with E-state index in [4.69, 9.17) is 4.74 Å². The molecule has 0 spiro atoms. The molecular weight excluding hydrogens is 194 g/mol. The first-order valence-corrected chi connectivity index (χ1v) is 5.38. The molecule has 1 aromatic heterocycles. The number of aromatic nitrogens is 1. The van der Waals surface area contributed by atoms with E-state index in [1.807, 2.05) is 19.1 Å². The third kappa shape index (κ3) is 3.58. The van der Waals surface area contributed by atoms with Crippen molar-refractivity contribution in [3.05, 3.63) is 24.0 Å². The number of hydrogen-bond acceptors (Lipinski definition) is 3. The van der Waals surface area contributed by atoms with E-state index in [2.05, 4.69) is 31.5 Å². The molecule has 0 fully saturated rings. The van der Waals surface area contributed by atoms with Crippen LogP contribution in [0.2, 0.25) is 0 Å². The molecule has 0 amide bonds. The molecule has 1 unspecified atom stereocenters. The summed E-state index contributed by atoms with van der Waals surface area (Å²) >= 11 is 4.33. The molecule has 1 aromatic rings. The van der Waals surface area contributed by atoms with E-state index in [-0.39, 0.29) is 5.25 Å². The lowest BCUT2D eigenvalue weighted by molar-refractivity contribution is 0.270. The molecule has 0 aromatic carbocycles. The van der Waals surface area contributed by atoms with Crippen LogP contribution in [0.5, 0.6) is 5.75 Å². The standard InChI is InChI=1S/C11H17NOS/c1-8(2)7-13-10-4-5-12-11(6-10)9(3)14/h4-6,8-9,14H,7H2,1-3H3. The predicted octanol–water partition coefficient (Wildman–Crippen LogP) is 3.11. The van der Waals surface area contributed by atoms with Gasteiger partial charge in [-0.3, -0.25) is 4.98 Å². The summed E-state index contributed by atoms with van der Waals surface area (Å²) in [5, 5.41) is 0.151. The Balaban J connectivity index is 2.64. The molecule has 0 saturated carbocycles. The highest BCUT2D eigenvalue weighted by atomic mass is 32.1. The van der Waals surface area contributed by atoms with Gasteiger partial charge in [-0.05, 0) is 18.9 Å². The summed E-state index contributed by atoms with van der Waals surface area (Å²) in [6.45, 7) is 6.99. The van der Waals surface area contributed by atoms with Crippen LogP contribution in [0.4, 0.5) is 0 Å². The van der Waals surface area contributed by atoms with Gasteiger partial charge in [0.05, 0.1) is 12.3 Å². The van der Waals surface area contributed by atoms with Gasteiger partial charge in [0.2, 0.25) is 0 Å². The minimum absolute atomic E-state index is 0.151. The average molecular weight is 211 g/mol. The molecule has 3 heteroatoms. The summed E-state index contributed by atoms with van der Waals surface area (Å²) in [6, 6.07) is 3.82. The van der Waals surface area contributed by atoms with Crippen LogP contribution in [-0.2, 0) is 0 Å². The van der Waals surface area contributed by atoms with Crippen molar-refractivity contribution in [3.8, 4) is 5.75 Å². The molecule has 0 aliphatic carbocycles. The van der Waals surface area contributed by atoms with E-state index in [1.165, 1.54) is 0 Å². The fraction of sp³-hybridized carbons (Fsp3) is 0.545. The van der Waals surface area contributed by atoms with Crippen molar-refractivity contribution in [2.24, 2.45) is 5.92 Å². The van der Waals surface area contributed by atoms with Crippen molar-refractivity contribution in [1.29, 1.82) is 0 Å². The summed E-state index contributed by atoms with van der Waals surface area (Å²) in [5.74, 6) is 1.42. The van der Waals surface area contributed by atoms with Crippen molar-refractivity contribution >= 4 is 12.6 Å². The molecule has 0 saturated heterocycles. The summed E-state index contributed by atoms with van der Waals surface area (Å²) in [7, 11) is 0. The number of hydrogen-bond donors (Lipinski definition) is 1. The van der Waals surface area contributed by atoms with Gasteiger partial charge in [0.25, 0.3) is 0 Å². The summed E-state index contributed by atoms with van der Waals surface area (Å²) in [4.78, 5) is 4.21. The van der Waals surface area contributed by atoms with Crippen LogP contribution < -0.4 is 4.74 Å². The first-order valence-electron chi connectivity index (χ1n) is 4.86. The highest BCUT2D eigenvalue weighted by molar-refractivity contribution is 7.80. The molecule has 0 N–H and O–H groups in total. The summed E-state index contributed by atoms with van der Waals surface area (Å²) < 4.78 is 5.58. The van der Waals surface area contributed by atoms with Crippen LogP contribution in [0.3, 0.4) is 0 Å². The van der Waals surface area contributed by atoms with Crippen molar-refractivity contribution in [2.45, 2.75) is 26.0 Å². The zero-order valence-corrected chi connectivity index (χ0v) is 9.79. The molecule has 0 radical (unpaired) electrons. The van der Waals surface area contributed by atoms with Gasteiger partial charge in [0.1, 0.15) is 5.75 Å². The maximum atomic E-state index is 5.58. The van der Waals surface area contributed by atoms with E-state index < -0.39 is 0 Å². The Morgan fingerprint density at radius 1 is 1.43 bits per heavy atom. The van der Waals surface area contributed by atoms with Gasteiger partial charge < -0.3 is 4.74 Å². The van der Waals surface area contributed by atoms with Crippen molar-refractivity contribution in [2.75, 3.05) is 6.61 Å². The van der Waals surface area contributed by atoms with E-state index >= 15 is 0 Å². The fourth-order valence-electron chi connectivity index (χ4n) is 1.01. The normalized spacial score (nSPS) is 12.9. The molecule has 0 aliphatic rings. The highest BCUT2D eigenvalue weighted by Gasteiger charge is 2.03. The lowest BCUT2D eigenvalue weighted by Gasteiger charge is -2.10. The van der Waals surface area contributed by atoms with Gasteiger partial charge in [-0.1, -0.05) is 13.8 Å². The third-order valence-corrected chi connectivity index (χ3v) is 2.03. The summed E-state index contributed by atoms with van der Waals surface area (Å²) in [5.41, 5.74) is 0.953. The van der Waals surface area contributed by atoms with Crippen LogP contribution in [0.25, 0.3) is 0 Å². The minimum Gasteiger partial charge on any atom is -0.493 e. The molecule has 78 valence electrons. The monoisotopic (exact) mass is 211 g/mol. The van der Waals surface area contributed by atoms with Crippen molar-refractivity contribution in [3.63, 3.8) is 0 Å². The smallest absolute Gasteiger partial charge is 0.122 e. The fourth-order valence-corrected chi connectivity index (χ4v) is 1.15. The van der Waals surface area contributed by atoms with Gasteiger partial charge >= 0.3 is 0 Å². The Morgan fingerprint density at radius 3 is 2.71 bits per heavy atom. The molecule has 2 nitrogen and oxygen atoms in total. The zero-order valence-electron chi connectivity index (χ0n) is 8.90. The number of thiol groups is 1. The van der Waals surface area contributed by atoms with Gasteiger partial charge in [-0.25, -0.2) is 0 Å². The second-order valence-corrected chi connectivity index (χ2v) is 4.57. The Morgan fingerprint density at radius 2 is 2.14 bits per heavy atom. The molecule has 0 aliphatic heterocycles. The van der Waals surface area contributed by atoms with Crippen LogP contribution in [-0.4, -0.2) is 11.6 Å². The minimum atomic E-state index is 0.151. The number of nitrogens with zero attached hydrogens (tertiary/aromatic N) is 1. The Bertz CT molecular complexity index is 286. The van der Waals surface area contributed by atoms with Crippen molar-refractivity contribution in [1.82, 2.24) is 4.98 Å². The number of ether oxygens (including phenoxy) is 1. The lowest BCUT2D eigenvalue weighted by atomic mass is 10.2. The van der Waals surface area contributed by atoms with Gasteiger partial charge in [-0.15, -0.1) is 0 Å². The number of pyridine rings is 1. The number of rotatable bonds is 4. The molecule has 1 rings (SSSR count). The molecule has 0 bridgehead atoms. The van der Waals surface area contributed by atoms with Gasteiger partial charge in [0.15, 0.2) is 0 Å². The van der Waals surface area contributed by atoms with Crippen LogP contribution >= 0.6 is 12.6 Å². The highest BCUT2D eigenvalue weighted by Crippen LogP contribution is 2.20. The third-order valence-electron chi connectivity index (χ3n) is 1.76. The van der Waals surface area contributed by atoms with Crippen molar-refractivity contribution < 1.29 is 4.74 Å². The van der Waals surface area contributed by atoms with Gasteiger partial charge in [0, 0.05) is 17.5 Å². The average Bonchev–Trinajstić information content (AvgIpc) is 2.15. The van der Waals surface area contributed by atoms with Crippen LogP contribution in [0.1, 0.15) is 31.7 Å².